The number of halogens is 1. The molecule has 2 aromatic carbocycles. The van der Waals surface area contributed by atoms with E-state index in [-0.39, 0.29) is 11.9 Å². The summed E-state index contributed by atoms with van der Waals surface area (Å²) in [6, 6.07) is 11.1. The molecule has 1 unspecified atom stereocenters. The highest BCUT2D eigenvalue weighted by molar-refractivity contribution is 7.80. The van der Waals surface area contributed by atoms with E-state index in [9.17, 15) is 4.39 Å². The van der Waals surface area contributed by atoms with E-state index in [4.69, 9.17) is 21.7 Å². The molecule has 1 aliphatic heterocycles. The van der Waals surface area contributed by atoms with Gasteiger partial charge in [-0.3, -0.25) is 0 Å². The average molecular weight is 389 g/mol. The van der Waals surface area contributed by atoms with Crippen LogP contribution in [-0.4, -0.2) is 31.9 Å². The first-order chi connectivity index (χ1) is 13.0. The number of hydrogen-bond donors (Lipinski definition) is 1. The number of nitrogens with zero attached hydrogens (tertiary/aromatic N) is 1. The maximum Gasteiger partial charge on any atom is 0.173 e. The van der Waals surface area contributed by atoms with E-state index in [0.717, 1.165) is 47.6 Å². The largest absolute Gasteiger partial charge is 0.493 e. The van der Waals surface area contributed by atoms with E-state index in [1.807, 2.05) is 24.3 Å². The Kier molecular flexibility index (Phi) is 6.16. The Balaban J connectivity index is 1.65. The Bertz CT molecular complexity index is 828. The lowest BCUT2D eigenvalue weighted by Gasteiger charge is -2.37. The summed E-state index contributed by atoms with van der Waals surface area (Å²) in [7, 11) is 3.26. The first-order valence-corrected chi connectivity index (χ1v) is 9.50. The summed E-state index contributed by atoms with van der Waals surface area (Å²) in [6.07, 6.45) is 2.63. The van der Waals surface area contributed by atoms with Crippen molar-refractivity contribution in [2.45, 2.75) is 32.2 Å². The first-order valence-electron chi connectivity index (χ1n) is 9.10. The van der Waals surface area contributed by atoms with Crippen LogP contribution in [0.3, 0.4) is 0 Å². The molecule has 1 N–H and O–H groups in total. The Morgan fingerprint density at radius 3 is 2.70 bits per heavy atom. The fourth-order valence-electron chi connectivity index (χ4n) is 3.46. The number of rotatable bonds is 5. The van der Waals surface area contributed by atoms with Crippen molar-refractivity contribution in [1.29, 1.82) is 0 Å². The van der Waals surface area contributed by atoms with Crippen LogP contribution in [0.5, 0.6) is 11.5 Å². The normalized spacial score (nSPS) is 15.9. The number of fused-ring (bicyclic) bond motifs is 1. The summed E-state index contributed by atoms with van der Waals surface area (Å²) < 4.78 is 24.2. The van der Waals surface area contributed by atoms with Crippen LogP contribution in [0.25, 0.3) is 0 Å². The minimum atomic E-state index is -0.199. The van der Waals surface area contributed by atoms with Crippen LogP contribution in [0, 0.1) is 5.82 Å². The molecule has 0 bridgehead atoms. The standard InChI is InChI=1S/C21H25FN2O2S/c1-14-4-6-16-13-17(22)7-8-18(16)24(14)21(27)23-11-10-15-5-9-19(25-2)20(12-15)26-3/h5,7-9,12-14H,4,6,10-11H2,1-3H3,(H,23,27). The molecule has 6 heteroatoms. The van der Waals surface area contributed by atoms with Crippen LogP contribution in [-0.2, 0) is 12.8 Å². The van der Waals surface area contributed by atoms with Gasteiger partial charge in [-0.1, -0.05) is 6.07 Å². The zero-order valence-corrected chi connectivity index (χ0v) is 16.7. The Labute approximate surface area is 165 Å². The van der Waals surface area contributed by atoms with Gasteiger partial charge in [0, 0.05) is 18.3 Å². The number of anilines is 1. The molecule has 0 amide bonds. The summed E-state index contributed by atoms with van der Waals surface area (Å²) in [5.74, 6) is 1.24. The minimum Gasteiger partial charge on any atom is -0.493 e. The van der Waals surface area contributed by atoms with E-state index in [1.165, 1.54) is 6.07 Å². The fourth-order valence-corrected chi connectivity index (χ4v) is 3.85. The van der Waals surface area contributed by atoms with Crippen molar-refractivity contribution >= 4 is 23.0 Å². The van der Waals surface area contributed by atoms with Gasteiger partial charge in [0.05, 0.1) is 14.2 Å². The van der Waals surface area contributed by atoms with Crippen LogP contribution in [0.4, 0.5) is 10.1 Å². The lowest BCUT2D eigenvalue weighted by molar-refractivity contribution is 0.354. The Hall–Kier alpha value is -2.34. The molecule has 0 radical (unpaired) electrons. The number of benzene rings is 2. The van der Waals surface area contributed by atoms with Crippen LogP contribution >= 0.6 is 12.2 Å². The third kappa shape index (κ3) is 4.33. The number of ether oxygens (including phenoxy) is 2. The van der Waals surface area contributed by atoms with Gasteiger partial charge in [0.25, 0.3) is 0 Å². The van der Waals surface area contributed by atoms with E-state index in [2.05, 4.69) is 17.1 Å². The molecule has 0 aliphatic carbocycles. The number of aryl methyl sites for hydroxylation is 1. The topological polar surface area (TPSA) is 33.7 Å². The molecule has 1 heterocycles. The maximum absolute atomic E-state index is 13.5. The van der Waals surface area contributed by atoms with Crippen molar-refractivity contribution in [2.75, 3.05) is 25.7 Å². The second-order valence-electron chi connectivity index (χ2n) is 6.70. The molecule has 2 aromatic rings. The number of hydrogen-bond acceptors (Lipinski definition) is 3. The van der Waals surface area contributed by atoms with E-state index in [1.54, 1.807) is 20.3 Å². The van der Waals surface area contributed by atoms with Gasteiger partial charge in [-0.2, -0.15) is 0 Å². The first kappa shape index (κ1) is 19.4. The van der Waals surface area contributed by atoms with Crippen molar-refractivity contribution in [3.8, 4) is 11.5 Å². The molecular weight excluding hydrogens is 363 g/mol. The van der Waals surface area contributed by atoms with Crippen molar-refractivity contribution < 1.29 is 13.9 Å². The van der Waals surface area contributed by atoms with Crippen molar-refractivity contribution in [3.05, 3.63) is 53.3 Å². The summed E-state index contributed by atoms with van der Waals surface area (Å²) in [4.78, 5) is 2.10. The number of methoxy groups -OCH3 is 2. The highest BCUT2D eigenvalue weighted by Crippen LogP contribution is 2.31. The van der Waals surface area contributed by atoms with Crippen LogP contribution in [0.2, 0.25) is 0 Å². The second kappa shape index (κ2) is 8.57. The molecule has 27 heavy (non-hydrogen) atoms. The Morgan fingerprint density at radius 2 is 1.96 bits per heavy atom. The molecule has 0 fully saturated rings. The lowest BCUT2D eigenvalue weighted by atomic mass is 9.97. The monoisotopic (exact) mass is 388 g/mol. The van der Waals surface area contributed by atoms with Gasteiger partial charge >= 0.3 is 0 Å². The predicted octanol–water partition coefficient (Wildman–Crippen LogP) is 4.10. The van der Waals surface area contributed by atoms with Crippen molar-refractivity contribution in [3.63, 3.8) is 0 Å². The average Bonchev–Trinajstić information content (AvgIpc) is 2.67. The van der Waals surface area contributed by atoms with E-state index < -0.39 is 0 Å². The smallest absolute Gasteiger partial charge is 0.173 e. The SMILES string of the molecule is COc1ccc(CCNC(=S)N2c3ccc(F)cc3CCC2C)cc1OC. The Morgan fingerprint density at radius 1 is 1.19 bits per heavy atom. The highest BCUT2D eigenvalue weighted by atomic mass is 32.1. The molecular formula is C21H25FN2O2S. The van der Waals surface area contributed by atoms with Crippen molar-refractivity contribution in [1.82, 2.24) is 5.32 Å². The van der Waals surface area contributed by atoms with Crippen LogP contribution in [0.15, 0.2) is 36.4 Å². The van der Waals surface area contributed by atoms with Gasteiger partial charge in [0.2, 0.25) is 0 Å². The van der Waals surface area contributed by atoms with Gasteiger partial charge in [0.1, 0.15) is 5.82 Å². The summed E-state index contributed by atoms with van der Waals surface area (Å²) in [5, 5.41) is 4.02. The maximum atomic E-state index is 13.5. The van der Waals surface area contributed by atoms with Crippen molar-refractivity contribution in [2.24, 2.45) is 0 Å². The van der Waals surface area contributed by atoms with Gasteiger partial charge in [-0.25, -0.2) is 4.39 Å². The summed E-state index contributed by atoms with van der Waals surface area (Å²) in [5.41, 5.74) is 3.15. The zero-order chi connectivity index (χ0) is 19.4. The number of nitrogens with one attached hydrogen (secondary N) is 1. The molecule has 3 rings (SSSR count). The third-order valence-corrected chi connectivity index (χ3v) is 5.27. The van der Waals surface area contributed by atoms with E-state index in [0.29, 0.717) is 11.7 Å². The molecule has 4 nitrogen and oxygen atoms in total. The highest BCUT2D eigenvalue weighted by Gasteiger charge is 2.26. The summed E-state index contributed by atoms with van der Waals surface area (Å²) in [6.45, 7) is 2.85. The molecule has 0 saturated carbocycles. The molecule has 1 atom stereocenters. The molecule has 0 saturated heterocycles. The zero-order valence-electron chi connectivity index (χ0n) is 15.9. The predicted molar refractivity (Wildman–Crippen MR) is 111 cm³/mol. The minimum absolute atomic E-state index is 0.199. The van der Waals surface area contributed by atoms with Crippen LogP contribution in [0.1, 0.15) is 24.5 Å². The van der Waals surface area contributed by atoms with Gasteiger partial charge in [0.15, 0.2) is 16.6 Å². The third-order valence-electron chi connectivity index (χ3n) is 4.93. The van der Waals surface area contributed by atoms with Gasteiger partial charge in [-0.15, -0.1) is 0 Å². The molecule has 0 spiro atoms. The molecule has 0 aromatic heterocycles. The second-order valence-corrected chi connectivity index (χ2v) is 7.09. The molecule has 144 valence electrons. The van der Waals surface area contributed by atoms with E-state index >= 15 is 0 Å². The summed E-state index contributed by atoms with van der Waals surface area (Å²) >= 11 is 5.64. The fraction of sp³-hybridized carbons (Fsp3) is 0.381. The molecule has 1 aliphatic rings. The van der Waals surface area contributed by atoms with Gasteiger partial charge < -0.3 is 19.7 Å². The van der Waals surface area contributed by atoms with Crippen LogP contribution < -0.4 is 19.7 Å². The quantitative estimate of drug-likeness (QED) is 0.780. The number of thiocarbonyl (C=S) groups is 1. The van der Waals surface area contributed by atoms with Gasteiger partial charge in [-0.05, 0) is 79.9 Å². The lowest BCUT2D eigenvalue weighted by Crippen LogP contribution is -2.48.